The summed E-state index contributed by atoms with van der Waals surface area (Å²) in [5.74, 6) is -0.215. The molecule has 0 bridgehead atoms. The maximum atomic E-state index is 13.6. The molecule has 0 fully saturated rings. The van der Waals surface area contributed by atoms with Crippen LogP contribution in [0.25, 0.3) is 0 Å². The Hall–Kier alpha value is -1.33. The quantitative estimate of drug-likeness (QED) is 0.938. The summed E-state index contributed by atoms with van der Waals surface area (Å²) in [6.45, 7) is 6.22. The molecular formula is C14H18FN3S. The fourth-order valence-electron chi connectivity index (χ4n) is 1.95. The van der Waals surface area contributed by atoms with Crippen molar-refractivity contribution in [3.05, 3.63) is 46.2 Å². The molecule has 19 heavy (non-hydrogen) atoms. The number of hydrogen-bond donors (Lipinski definition) is 1. The van der Waals surface area contributed by atoms with E-state index >= 15 is 0 Å². The van der Waals surface area contributed by atoms with Crippen molar-refractivity contribution in [1.29, 1.82) is 0 Å². The van der Waals surface area contributed by atoms with Gasteiger partial charge in [-0.2, -0.15) is 0 Å². The molecule has 1 atom stereocenters. The highest BCUT2D eigenvalue weighted by Gasteiger charge is 2.26. The van der Waals surface area contributed by atoms with E-state index in [2.05, 4.69) is 30.4 Å². The maximum absolute atomic E-state index is 13.6. The van der Waals surface area contributed by atoms with Gasteiger partial charge in [0.2, 0.25) is 0 Å². The monoisotopic (exact) mass is 279 g/mol. The average molecular weight is 279 g/mol. The summed E-state index contributed by atoms with van der Waals surface area (Å²) >= 11 is 1.30. The molecule has 0 aliphatic rings. The van der Waals surface area contributed by atoms with Crippen LogP contribution in [0.2, 0.25) is 0 Å². The highest BCUT2D eigenvalue weighted by Crippen LogP contribution is 2.31. The molecule has 5 heteroatoms. The summed E-state index contributed by atoms with van der Waals surface area (Å²) in [6.07, 6.45) is 0.458. The van der Waals surface area contributed by atoms with Crippen LogP contribution in [0.3, 0.4) is 0 Å². The van der Waals surface area contributed by atoms with E-state index in [9.17, 15) is 4.39 Å². The van der Waals surface area contributed by atoms with Crippen LogP contribution >= 0.6 is 11.5 Å². The van der Waals surface area contributed by atoms with Gasteiger partial charge in [0.1, 0.15) is 5.82 Å². The Morgan fingerprint density at radius 1 is 1.32 bits per heavy atom. The molecule has 3 nitrogen and oxygen atoms in total. The number of halogens is 1. The molecule has 0 aliphatic heterocycles. The summed E-state index contributed by atoms with van der Waals surface area (Å²) in [4.78, 5) is 0.941. The van der Waals surface area contributed by atoms with E-state index in [1.807, 2.05) is 6.07 Å². The van der Waals surface area contributed by atoms with Crippen LogP contribution in [-0.4, -0.2) is 9.59 Å². The molecule has 0 spiro atoms. The molecule has 2 rings (SSSR count). The van der Waals surface area contributed by atoms with Crippen molar-refractivity contribution >= 4 is 11.5 Å². The van der Waals surface area contributed by atoms with Gasteiger partial charge in [-0.05, 0) is 29.6 Å². The zero-order valence-corrected chi connectivity index (χ0v) is 12.2. The SMILES string of the molecule is CC(C)(C)c1nnsc1C(N)Cc1ccccc1F. The topological polar surface area (TPSA) is 51.8 Å². The van der Waals surface area contributed by atoms with Gasteiger partial charge in [0.05, 0.1) is 10.6 Å². The molecule has 1 heterocycles. The van der Waals surface area contributed by atoms with Crippen molar-refractivity contribution in [2.24, 2.45) is 5.73 Å². The van der Waals surface area contributed by atoms with E-state index in [4.69, 9.17) is 5.73 Å². The standard InChI is InChI=1S/C14H18FN3S/c1-14(2,3)13-12(19-18-17-13)11(16)8-9-6-4-5-7-10(9)15/h4-7,11H,8,16H2,1-3H3. The largest absolute Gasteiger partial charge is 0.323 e. The van der Waals surface area contributed by atoms with Gasteiger partial charge in [0.15, 0.2) is 0 Å². The Kier molecular flexibility index (Phi) is 3.96. The van der Waals surface area contributed by atoms with Crippen LogP contribution in [0.1, 0.15) is 42.9 Å². The molecule has 1 aromatic carbocycles. The molecule has 1 aromatic heterocycles. The third-order valence-corrected chi connectivity index (χ3v) is 3.81. The molecule has 102 valence electrons. The molecule has 0 saturated carbocycles. The van der Waals surface area contributed by atoms with Crippen molar-refractivity contribution in [1.82, 2.24) is 9.59 Å². The Morgan fingerprint density at radius 2 is 2.00 bits per heavy atom. The zero-order chi connectivity index (χ0) is 14.0. The molecule has 0 saturated heterocycles. The lowest BCUT2D eigenvalue weighted by Crippen LogP contribution is -2.20. The molecule has 0 radical (unpaired) electrons. The van der Waals surface area contributed by atoms with E-state index in [0.717, 1.165) is 10.6 Å². The van der Waals surface area contributed by atoms with E-state index in [1.54, 1.807) is 12.1 Å². The van der Waals surface area contributed by atoms with Gasteiger partial charge >= 0.3 is 0 Å². The smallest absolute Gasteiger partial charge is 0.126 e. The fourth-order valence-corrected chi connectivity index (χ4v) is 2.82. The van der Waals surface area contributed by atoms with Gasteiger partial charge in [-0.15, -0.1) is 5.10 Å². The first kappa shape index (κ1) is 14.1. The minimum Gasteiger partial charge on any atom is -0.323 e. The highest BCUT2D eigenvalue weighted by atomic mass is 32.1. The van der Waals surface area contributed by atoms with Crippen molar-refractivity contribution in [3.63, 3.8) is 0 Å². The third kappa shape index (κ3) is 3.16. The molecule has 0 amide bonds. The number of rotatable bonds is 3. The van der Waals surface area contributed by atoms with Crippen LogP contribution < -0.4 is 5.73 Å². The second-order valence-electron chi connectivity index (χ2n) is 5.64. The maximum Gasteiger partial charge on any atom is 0.126 e. The van der Waals surface area contributed by atoms with Gasteiger partial charge < -0.3 is 5.73 Å². The summed E-state index contributed by atoms with van der Waals surface area (Å²) < 4.78 is 17.6. The lowest BCUT2D eigenvalue weighted by Gasteiger charge is -2.19. The second kappa shape index (κ2) is 5.35. The third-order valence-electron chi connectivity index (χ3n) is 2.96. The lowest BCUT2D eigenvalue weighted by molar-refractivity contribution is 0.546. The van der Waals surface area contributed by atoms with Crippen molar-refractivity contribution in [3.8, 4) is 0 Å². The number of hydrogen-bond acceptors (Lipinski definition) is 4. The van der Waals surface area contributed by atoms with Crippen LogP contribution in [0.15, 0.2) is 24.3 Å². The molecule has 2 N–H and O–H groups in total. The Labute approximate surface area is 116 Å². The number of nitrogens with zero attached hydrogens (tertiary/aromatic N) is 2. The van der Waals surface area contributed by atoms with E-state index in [1.165, 1.54) is 17.6 Å². The molecular weight excluding hydrogens is 261 g/mol. The number of benzene rings is 1. The zero-order valence-electron chi connectivity index (χ0n) is 11.4. The van der Waals surface area contributed by atoms with Crippen LogP contribution in [0.4, 0.5) is 4.39 Å². The summed E-state index contributed by atoms with van der Waals surface area (Å²) in [5, 5.41) is 4.17. The summed E-state index contributed by atoms with van der Waals surface area (Å²) in [6, 6.07) is 6.45. The predicted octanol–water partition coefficient (Wildman–Crippen LogP) is 3.22. The molecule has 0 aliphatic carbocycles. The Bertz CT molecular complexity index is 560. The average Bonchev–Trinajstić information content (AvgIpc) is 2.81. The minimum absolute atomic E-state index is 0.102. The van der Waals surface area contributed by atoms with Crippen LogP contribution in [0, 0.1) is 5.82 Å². The van der Waals surface area contributed by atoms with Crippen LogP contribution in [0.5, 0.6) is 0 Å². The van der Waals surface area contributed by atoms with Gasteiger partial charge in [0.25, 0.3) is 0 Å². The second-order valence-corrected chi connectivity index (χ2v) is 6.42. The Balaban J connectivity index is 2.24. The molecule has 2 aromatic rings. The van der Waals surface area contributed by atoms with Gasteiger partial charge in [0, 0.05) is 11.5 Å². The van der Waals surface area contributed by atoms with Crippen molar-refractivity contribution in [2.75, 3.05) is 0 Å². The van der Waals surface area contributed by atoms with Gasteiger partial charge in [-0.25, -0.2) is 4.39 Å². The first-order valence-corrected chi connectivity index (χ1v) is 6.98. The minimum atomic E-state index is -0.272. The van der Waals surface area contributed by atoms with E-state index < -0.39 is 0 Å². The highest BCUT2D eigenvalue weighted by molar-refractivity contribution is 7.05. The molecule has 1 unspecified atom stereocenters. The van der Waals surface area contributed by atoms with Crippen molar-refractivity contribution < 1.29 is 4.39 Å². The summed E-state index contributed by atoms with van der Waals surface area (Å²) in [5.41, 5.74) is 7.63. The van der Waals surface area contributed by atoms with Crippen LogP contribution in [-0.2, 0) is 11.8 Å². The van der Waals surface area contributed by atoms with Gasteiger partial charge in [-0.3, -0.25) is 0 Å². The van der Waals surface area contributed by atoms with E-state index in [0.29, 0.717) is 12.0 Å². The lowest BCUT2D eigenvalue weighted by atomic mass is 9.89. The summed E-state index contributed by atoms with van der Waals surface area (Å²) in [7, 11) is 0. The first-order valence-electron chi connectivity index (χ1n) is 6.21. The van der Waals surface area contributed by atoms with Crippen molar-refractivity contribution in [2.45, 2.75) is 38.6 Å². The fraction of sp³-hybridized carbons (Fsp3) is 0.429. The Morgan fingerprint density at radius 3 is 2.63 bits per heavy atom. The number of nitrogens with two attached hydrogens (primary N) is 1. The normalized spacial score (nSPS) is 13.5. The number of aromatic nitrogens is 2. The predicted molar refractivity (Wildman–Crippen MR) is 75.6 cm³/mol. The van der Waals surface area contributed by atoms with Gasteiger partial charge in [-0.1, -0.05) is 43.5 Å². The first-order chi connectivity index (χ1) is 8.89. The van der Waals surface area contributed by atoms with E-state index in [-0.39, 0.29) is 17.3 Å².